The van der Waals surface area contributed by atoms with Gasteiger partial charge in [0, 0.05) is 19.1 Å². The van der Waals surface area contributed by atoms with Crippen molar-refractivity contribution < 1.29 is 14.6 Å². The molecule has 1 aliphatic heterocycles. The zero-order chi connectivity index (χ0) is 16.1. The van der Waals surface area contributed by atoms with Crippen LogP contribution in [0.3, 0.4) is 0 Å². The van der Waals surface area contributed by atoms with Crippen molar-refractivity contribution in [3.8, 4) is 11.5 Å². The summed E-state index contributed by atoms with van der Waals surface area (Å²) in [5.41, 5.74) is 0.248. The molecular formula is C17H26N2O3. The van der Waals surface area contributed by atoms with Crippen molar-refractivity contribution in [2.45, 2.75) is 32.7 Å². The van der Waals surface area contributed by atoms with Gasteiger partial charge in [0.1, 0.15) is 0 Å². The molecule has 2 atom stereocenters. The number of nitrogens with zero attached hydrogens (tertiary/aromatic N) is 1. The molecule has 5 heteroatoms. The Morgan fingerprint density at radius 2 is 2.32 bits per heavy atom. The van der Waals surface area contributed by atoms with Crippen molar-refractivity contribution in [1.82, 2.24) is 10.2 Å². The van der Waals surface area contributed by atoms with Crippen molar-refractivity contribution in [3.05, 3.63) is 23.8 Å². The van der Waals surface area contributed by atoms with E-state index in [0.29, 0.717) is 5.75 Å². The summed E-state index contributed by atoms with van der Waals surface area (Å²) in [7, 11) is 1.47. The number of carbonyl (C=O) groups is 1. The lowest BCUT2D eigenvalue weighted by atomic mass is 10.00. The monoisotopic (exact) mass is 306 g/mol. The quantitative estimate of drug-likeness (QED) is 0.876. The Morgan fingerprint density at radius 3 is 3.00 bits per heavy atom. The van der Waals surface area contributed by atoms with Gasteiger partial charge in [0.15, 0.2) is 11.5 Å². The number of benzene rings is 1. The fraction of sp³-hybridized carbons (Fsp3) is 0.588. The molecule has 1 heterocycles. The van der Waals surface area contributed by atoms with Crippen molar-refractivity contribution >= 4 is 5.91 Å². The Morgan fingerprint density at radius 1 is 1.55 bits per heavy atom. The third kappa shape index (κ3) is 4.13. The lowest BCUT2D eigenvalue weighted by Gasteiger charge is -2.32. The second-order valence-electron chi connectivity index (χ2n) is 6.24. The Labute approximate surface area is 132 Å². The van der Waals surface area contributed by atoms with Crippen molar-refractivity contribution in [1.29, 1.82) is 0 Å². The van der Waals surface area contributed by atoms with Gasteiger partial charge >= 0.3 is 0 Å². The average molecular weight is 306 g/mol. The van der Waals surface area contributed by atoms with E-state index in [4.69, 9.17) is 4.74 Å². The number of para-hydroxylation sites is 1. The van der Waals surface area contributed by atoms with Crippen LogP contribution in [-0.2, 0) is 0 Å². The van der Waals surface area contributed by atoms with Crippen LogP contribution < -0.4 is 10.1 Å². The first kappa shape index (κ1) is 16.6. The lowest BCUT2D eigenvalue weighted by molar-refractivity contribution is 0.0916. The van der Waals surface area contributed by atoms with Gasteiger partial charge < -0.3 is 20.1 Å². The highest BCUT2D eigenvalue weighted by Crippen LogP contribution is 2.29. The third-order valence-electron chi connectivity index (χ3n) is 4.11. The minimum Gasteiger partial charge on any atom is -0.504 e. The van der Waals surface area contributed by atoms with Crippen LogP contribution in [0.1, 0.15) is 37.0 Å². The number of rotatable bonds is 5. The summed E-state index contributed by atoms with van der Waals surface area (Å²) >= 11 is 0. The normalized spacial score (nSPS) is 20.4. The van der Waals surface area contributed by atoms with E-state index in [-0.39, 0.29) is 23.3 Å². The van der Waals surface area contributed by atoms with Crippen molar-refractivity contribution in [3.63, 3.8) is 0 Å². The smallest absolute Gasteiger partial charge is 0.255 e. The summed E-state index contributed by atoms with van der Waals surface area (Å²) in [6.07, 6.45) is 2.51. The molecule has 2 N–H and O–H groups in total. The number of phenols is 1. The van der Waals surface area contributed by atoms with E-state index >= 15 is 0 Å². The van der Waals surface area contributed by atoms with Crippen LogP contribution >= 0.6 is 0 Å². The van der Waals surface area contributed by atoms with Gasteiger partial charge in [0.25, 0.3) is 5.91 Å². The first-order valence-corrected chi connectivity index (χ1v) is 7.90. The molecule has 1 aromatic rings. The Hall–Kier alpha value is -1.75. The molecule has 2 unspecified atom stereocenters. The van der Waals surface area contributed by atoms with Gasteiger partial charge in [-0.05, 0) is 44.4 Å². The van der Waals surface area contributed by atoms with Gasteiger partial charge in [-0.3, -0.25) is 4.79 Å². The molecule has 2 rings (SSSR count). The molecule has 1 aliphatic rings. The molecule has 0 bridgehead atoms. The van der Waals surface area contributed by atoms with Crippen LogP contribution in [-0.4, -0.2) is 48.7 Å². The molecule has 0 saturated carbocycles. The van der Waals surface area contributed by atoms with E-state index in [0.717, 1.165) is 25.6 Å². The first-order valence-electron chi connectivity index (χ1n) is 7.90. The SMILES string of the molecule is COc1cccc(C(=O)NC(C)CN2CCCC(C)C2)c1O. The van der Waals surface area contributed by atoms with Crippen LogP contribution in [0.2, 0.25) is 0 Å². The first-order chi connectivity index (χ1) is 10.5. The summed E-state index contributed by atoms with van der Waals surface area (Å²) < 4.78 is 5.04. The number of phenolic OH excluding ortho intramolecular Hbond substituents is 1. The number of nitrogens with one attached hydrogen (secondary N) is 1. The number of amides is 1. The maximum Gasteiger partial charge on any atom is 0.255 e. The van der Waals surface area contributed by atoms with Crippen LogP contribution in [0.15, 0.2) is 18.2 Å². The van der Waals surface area contributed by atoms with Gasteiger partial charge in [-0.1, -0.05) is 13.0 Å². The largest absolute Gasteiger partial charge is 0.504 e. The number of hydrogen-bond donors (Lipinski definition) is 2. The van der Waals surface area contributed by atoms with Crippen LogP contribution in [0.25, 0.3) is 0 Å². The molecule has 122 valence electrons. The molecule has 22 heavy (non-hydrogen) atoms. The minimum atomic E-state index is -0.269. The van der Waals surface area contributed by atoms with E-state index < -0.39 is 0 Å². The van der Waals surface area contributed by atoms with Gasteiger partial charge in [-0.25, -0.2) is 0 Å². The summed E-state index contributed by atoms with van der Waals surface area (Å²) in [4.78, 5) is 14.7. The minimum absolute atomic E-state index is 0.0309. The van der Waals surface area contributed by atoms with Crippen molar-refractivity contribution in [2.75, 3.05) is 26.7 Å². The number of likely N-dealkylation sites (tertiary alicyclic amines) is 1. The molecule has 5 nitrogen and oxygen atoms in total. The molecular weight excluding hydrogens is 280 g/mol. The van der Waals surface area contributed by atoms with Gasteiger partial charge in [0.2, 0.25) is 0 Å². The summed E-state index contributed by atoms with van der Waals surface area (Å²) in [5, 5.41) is 13.0. The molecule has 0 spiro atoms. The number of methoxy groups -OCH3 is 1. The third-order valence-corrected chi connectivity index (χ3v) is 4.11. The zero-order valence-electron chi connectivity index (χ0n) is 13.6. The van der Waals surface area contributed by atoms with E-state index in [9.17, 15) is 9.90 Å². The predicted molar refractivity (Wildman–Crippen MR) is 86.4 cm³/mol. The number of aromatic hydroxyl groups is 1. The summed E-state index contributed by atoms with van der Waals surface area (Å²) in [5.74, 6) is 0.652. The molecule has 1 fully saturated rings. The second kappa shape index (κ2) is 7.49. The van der Waals surface area contributed by atoms with Gasteiger partial charge in [-0.15, -0.1) is 0 Å². The van der Waals surface area contributed by atoms with E-state index in [1.54, 1.807) is 18.2 Å². The lowest BCUT2D eigenvalue weighted by Crippen LogP contribution is -2.45. The maximum atomic E-state index is 12.3. The fourth-order valence-corrected chi connectivity index (χ4v) is 3.06. The predicted octanol–water partition coefficient (Wildman–Crippen LogP) is 2.25. The fourth-order valence-electron chi connectivity index (χ4n) is 3.06. The molecule has 1 aromatic carbocycles. The summed E-state index contributed by atoms with van der Waals surface area (Å²) in [6.45, 7) is 7.28. The molecule has 0 aliphatic carbocycles. The number of ether oxygens (including phenoxy) is 1. The highest BCUT2D eigenvalue weighted by atomic mass is 16.5. The van der Waals surface area contributed by atoms with E-state index in [1.165, 1.54) is 20.0 Å². The van der Waals surface area contributed by atoms with Crippen LogP contribution in [0.5, 0.6) is 11.5 Å². The highest BCUT2D eigenvalue weighted by Gasteiger charge is 2.20. The standard InChI is InChI=1S/C17H26N2O3/c1-12-6-5-9-19(10-12)11-13(2)18-17(21)14-7-4-8-15(22-3)16(14)20/h4,7-8,12-13,20H,5-6,9-11H2,1-3H3,(H,18,21). The highest BCUT2D eigenvalue weighted by molar-refractivity contribution is 5.97. The van der Waals surface area contributed by atoms with E-state index in [2.05, 4.69) is 17.1 Å². The number of carbonyl (C=O) groups excluding carboxylic acids is 1. The Balaban J connectivity index is 1.93. The van der Waals surface area contributed by atoms with Crippen LogP contribution in [0, 0.1) is 5.92 Å². The van der Waals surface area contributed by atoms with E-state index in [1.807, 2.05) is 6.92 Å². The summed E-state index contributed by atoms with van der Waals surface area (Å²) in [6, 6.07) is 4.96. The Kier molecular flexibility index (Phi) is 5.66. The van der Waals surface area contributed by atoms with Crippen molar-refractivity contribution in [2.24, 2.45) is 5.92 Å². The number of hydrogen-bond acceptors (Lipinski definition) is 4. The molecule has 1 amide bonds. The molecule has 0 radical (unpaired) electrons. The second-order valence-corrected chi connectivity index (χ2v) is 6.24. The van der Waals surface area contributed by atoms with Gasteiger partial charge in [-0.2, -0.15) is 0 Å². The average Bonchev–Trinajstić information content (AvgIpc) is 2.47. The maximum absolute atomic E-state index is 12.3. The number of piperidine rings is 1. The van der Waals surface area contributed by atoms with Gasteiger partial charge in [0.05, 0.1) is 12.7 Å². The topological polar surface area (TPSA) is 61.8 Å². The molecule has 0 aromatic heterocycles. The molecule has 1 saturated heterocycles. The van der Waals surface area contributed by atoms with Crippen LogP contribution in [0.4, 0.5) is 0 Å². The zero-order valence-corrected chi connectivity index (χ0v) is 13.6. The Bertz CT molecular complexity index is 519.